The van der Waals surface area contributed by atoms with Gasteiger partial charge in [0.2, 0.25) is 0 Å². The monoisotopic (exact) mass is 370 g/mol. The number of nitrogens with zero attached hydrogens (tertiary/aromatic N) is 1. The van der Waals surface area contributed by atoms with Crippen molar-refractivity contribution in [3.63, 3.8) is 0 Å². The second-order valence-electron chi connectivity index (χ2n) is 7.01. The van der Waals surface area contributed by atoms with Crippen LogP contribution in [0.2, 0.25) is 0 Å². The largest absolute Gasteiger partial charge is 0.378 e. The van der Waals surface area contributed by atoms with Gasteiger partial charge < -0.3 is 10.1 Å². The molecule has 2 aliphatic rings. The third-order valence-electron chi connectivity index (χ3n) is 5.06. The highest BCUT2D eigenvalue weighted by Gasteiger charge is 2.35. The first kappa shape index (κ1) is 19.3. The fourth-order valence-corrected chi connectivity index (χ4v) is 3.58. The number of carbonyl (C=O) groups is 3. The molecule has 1 aromatic rings. The maximum absolute atomic E-state index is 12.3. The van der Waals surface area contributed by atoms with E-state index < -0.39 is 0 Å². The Morgan fingerprint density at radius 3 is 2.67 bits per heavy atom. The number of nitrogens with one attached hydrogen (secondary N) is 1. The lowest BCUT2D eigenvalue weighted by molar-refractivity contribution is 0.0273. The standard InChI is InChI=1S/C21H26N2O4/c1-2-12-23-20(25)17-10-9-15(14-18(17)21(23)26)19(24)22-11-6-13-27-16-7-4-3-5-8-16/h2,9-10,14,16H,1,3-8,11-13H2,(H,22,24). The van der Waals surface area contributed by atoms with Gasteiger partial charge in [0, 0.05) is 25.3 Å². The summed E-state index contributed by atoms with van der Waals surface area (Å²) < 4.78 is 5.84. The van der Waals surface area contributed by atoms with E-state index in [0.29, 0.717) is 30.4 Å². The van der Waals surface area contributed by atoms with Gasteiger partial charge in [0.15, 0.2) is 0 Å². The van der Waals surface area contributed by atoms with E-state index in [0.717, 1.165) is 24.2 Å². The second-order valence-corrected chi connectivity index (χ2v) is 7.01. The summed E-state index contributed by atoms with van der Waals surface area (Å²) in [6.45, 7) is 4.87. The Labute approximate surface area is 159 Å². The summed E-state index contributed by atoms with van der Waals surface area (Å²) in [6, 6.07) is 4.61. The number of rotatable bonds is 8. The van der Waals surface area contributed by atoms with Gasteiger partial charge in [-0.3, -0.25) is 19.3 Å². The first-order valence-electron chi connectivity index (χ1n) is 9.62. The van der Waals surface area contributed by atoms with Crippen LogP contribution < -0.4 is 5.32 Å². The molecule has 1 aliphatic carbocycles. The van der Waals surface area contributed by atoms with Gasteiger partial charge in [-0.25, -0.2) is 0 Å². The molecule has 3 amide bonds. The van der Waals surface area contributed by atoms with Crippen LogP contribution in [-0.2, 0) is 4.74 Å². The van der Waals surface area contributed by atoms with Gasteiger partial charge in [-0.2, -0.15) is 0 Å². The van der Waals surface area contributed by atoms with Crippen LogP contribution in [0.15, 0.2) is 30.9 Å². The van der Waals surface area contributed by atoms with Crippen LogP contribution in [0.25, 0.3) is 0 Å². The molecule has 1 fully saturated rings. The SMILES string of the molecule is C=CCN1C(=O)c2ccc(C(=O)NCCCOC3CCCCC3)cc2C1=O. The molecule has 1 aromatic carbocycles. The number of hydrogen-bond acceptors (Lipinski definition) is 4. The Morgan fingerprint density at radius 2 is 1.93 bits per heavy atom. The summed E-state index contributed by atoms with van der Waals surface area (Å²) in [5.41, 5.74) is 0.984. The number of ether oxygens (including phenoxy) is 1. The third kappa shape index (κ3) is 4.45. The van der Waals surface area contributed by atoms with Crippen molar-refractivity contribution in [3.8, 4) is 0 Å². The number of fused-ring (bicyclic) bond motifs is 1. The Bertz CT molecular complexity index is 738. The maximum atomic E-state index is 12.3. The van der Waals surface area contributed by atoms with Crippen molar-refractivity contribution in [3.05, 3.63) is 47.5 Å². The highest BCUT2D eigenvalue weighted by Crippen LogP contribution is 2.24. The Morgan fingerprint density at radius 1 is 1.19 bits per heavy atom. The molecule has 6 nitrogen and oxygen atoms in total. The lowest BCUT2D eigenvalue weighted by Gasteiger charge is -2.21. The smallest absolute Gasteiger partial charge is 0.261 e. The predicted molar refractivity (Wildman–Crippen MR) is 102 cm³/mol. The van der Waals surface area contributed by atoms with Gasteiger partial charge in [-0.05, 0) is 37.5 Å². The highest BCUT2D eigenvalue weighted by molar-refractivity contribution is 6.22. The maximum Gasteiger partial charge on any atom is 0.261 e. The summed E-state index contributed by atoms with van der Waals surface area (Å²) in [6.07, 6.45) is 8.68. The van der Waals surface area contributed by atoms with Crippen molar-refractivity contribution in [1.29, 1.82) is 0 Å². The average molecular weight is 370 g/mol. The van der Waals surface area contributed by atoms with Crippen LogP contribution in [0.5, 0.6) is 0 Å². The van der Waals surface area contributed by atoms with Crippen molar-refractivity contribution in [2.45, 2.75) is 44.6 Å². The fraction of sp³-hybridized carbons (Fsp3) is 0.476. The van der Waals surface area contributed by atoms with Crippen LogP contribution in [0.1, 0.15) is 69.6 Å². The molecule has 0 atom stereocenters. The molecule has 144 valence electrons. The number of hydrogen-bond donors (Lipinski definition) is 1. The van der Waals surface area contributed by atoms with E-state index in [9.17, 15) is 14.4 Å². The number of imide groups is 1. The highest BCUT2D eigenvalue weighted by atomic mass is 16.5. The van der Waals surface area contributed by atoms with E-state index in [1.165, 1.54) is 31.4 Å². The Hall–Kier alpha value is -2.47. The zero-order valence-corrected chi connectivity index (χ0v) is 15.5. The lowest BCUT2D eigenvalue weighted by Crippen LogP contribution is -2.29. The molecule has 1 heterocycles. The number of benzene rings is 1. The van der Waals surface area contributed by atoms with Gasteiger partial charge in [0.05, 0.1) is 17.2 Å². The molecular weight excluding hydrogens is 344 g/mol. The van der Waals surface area contributed by atoms with Crippen molar-refractivity contribution < 1.29 is 19.1 Å². The number of carbonyl (C=O) groups excluding carboxylic acids is 3. The Kier molecular flexibility index (Phi) is 6.40. The van der Waals surface area contributed by atoms with Gasteiger partial charge in [0.25, 0.3) is 17.7 Å². The average Bonchev–Trinajstić information content (AvgIpc) is 2.93. The van der Waals surface area contributed by atoms with Crippen molar-refractivity contribution in [2.75, 3.05) is 19.7 Å². The molecular formula is C21H26N2O4. The number of amides is 3. The summed E-state index contributed by atoms with van der Waals surface area (Å²) in [4.78, 5) is 38.0. The molecule has 6 heteroatoms. The molecule has 1 N–H and O–H groups in total. The third-order valence-corrected chi connectivity index (χ3v) is 5.06. The molecule has 3 rings (SSSR count). The zero-order chi connectivity index (χ0) is 19.2. The van der Waals surface area contributed by atoms with Crippen molar-refractivity contribution in [2.24, 2.45) is 0 Å². The molecule has 0 spiro atoms. The summed E-state index contributed by atoms with van der Waals surface area (Å²) in [5.74, 6) is -0.981. The predicted octanol–water partition coefficient (Wildman–Crippen LogP) is 2.94. The van der Waals surface area contributed by atoms with Crippen LogP contribution in [-0.4, -0.2) is 48.4 Å². The van der Waals surface area contributed by atoms with Crippen molar-refractivity contribution >= 4 is 17.7 Å². The van der Waals surface area contributed by atoms with Gasteiger partial charge in [-0.15, -0.1) is 6.58 Å². The minimum atomic E-state index is -0.384. The Balaban J connectivity index is 1.49. The molecule has 1 aliphatic heterocycles. The molecule has 0 bridgehead atoms. The summed E-state index contributed by atoms with van der Waals surface area (Å²) >= 11 is 0. The van der Waals surface area contributed by atoms with Crippen LogP contribution >= 0.6 is 0 Å². The summed E-state index contributed by atoms with van der Waals surface area (Å²) in [7, 11) is 0. The van der Waals surface area contributed by atoms with E-state index in [1.54, 1.807) is 12.1 Å². The van der Waals surface area contributed by atoms with Gasteiger partial charge >= 0.3 is 0 Å². The fourth-order valence-electron chi connectivity index (χ4n) is 3.58. The topological polar surface area (TPSA) is 75.7 Å². The molecule has 0 radical (unpaired) electrons. The molecule has 0 unspecified atom stereocenters. The van der Waals surface area contributed by atoms with E-state index >= 15 is 0 Å². The molecule has 27 heavy (non-hydrogen) atoms. The lowest BCUT2D eigenvalue weighted by atomic mass is 9.98. The quantitative estimate of drug-likeness (QED) is 0.434. The van der Waals surface area contributed by atoms with Gasteiger partial charge in [0.1, 0.15) is 0 Å². The van der Waals surface area contributed by atoms with Crippen LogP contribution in [0.4, 0.5) is 0 Å². The molecule has 1 saturated carbocycles. The second kappa shape index (κ2) is 8.95. The van der Waals surface area contributed by atoms with Crippen LogP contribution in [0, 0.1) is 0 Å². The minimum Gasteiger partial charge on any atom is -0.378 e. The van der Waals surface area contributed by atoms with Crippen molar-refractivity contribution in [1.82, 2.24) is 10.2 Å². The normalized spacial score (nSPS) is 17.1. The minimum absolute atomic E-state index is 0.162. The first-order chi connectivity index (χ1) is 13.1. The van der Waals surface area contributed by atoms with E-state index in [4.69, 9.17) is 4.74 Å². The van der Waals surface area contributed by atoms with E-state index in [-0.39, 0.29) is 29.8 Å². The van der Waals surface area contributed by atoms with E-state index in [1.807, 2.05) is 0 Å². The van der Waals surface area contributed by atoms with E-state index in [2.05, 4.69) is 11.9 Å². The van der Waals surface area contributed by atoms with Gasteiger partial charge in [-0.1, -0.05) is 25.3 Å². The molecule has 0 aromatic heterocycles. The first-order valence-corrected chi connectivity index (χ1v) is 9.62. The van der Waals surface area contributed by atoms with Crippen LogP contribution in [0.3, 0.4) is 0 Å². The summed E-state index contributed by atoms with van der Waals surface area (Å²) in [5, 5.41) is 2.85. The molecule has 0 saturated heterocycles. The zero-order valence-electron chi connectivity index (χ0n) is 15.5.